The quantitative estimate of drug-likeness (QED) is 0.425. The summed E-state index contributed by atoms with van der Waals surface area (Å²) >= 11 is 1.40. The van der Waals surface area contributed by atoms with Crippen LogP contribution in [0.5, 0.6) is 0 Å². The van der Waals surface area contributed by atoms with Gasteiger partial charge in [-0.05, 0) is 29.8 Å². The average molecular weight is 416 g/mol. The topological polar surface area (TPSA) is 63.9 Å². The van der Waals surface area contributed by atoms with Gasteiger partial charge in [0.15, 0.2) is 11.0 Å². The minimum absolute atomic E-state index is 0.00548. The Bertz CT molecular complexity index is 1100. The molecular weight excluding hydrogens is 394 g/mol. The number of thioether (sulfide) groups is 1. The van der Waals surface area contributed by atoms with Crippen molar-refractivity contribution in [3.63, 3.8) is 0 Å². The second-order valence-corrected chi connectivity index (χ2v) is 7.63. The van der Waals surface area contributed by atoms with Crippen LogP contribution in [0.25, 0.3) is 11.4 Å². The lowest BCUT2D eigenvalue weighted by Gasteiger charge is -2.17. The molecule has 0 radical (unpaired) electrons. The zero-order valence-electron chi connectivity index (χ0n) is 16.5. The lowest BCUT2D eigenvalue weighted by atomic mass is 10.2. The molecule has 0 unspecified atom stereocenters. The number of carbonyl (C=O) groups excluding carboxylic acids is 1. The predicted octanol–water partition coefficient (Wildman–Crippen LogP) is 4.14. The van der Waals surface area contributed by atoms with Crippen LogP contribution in [-0.2, 0) is 11.3 Å². The first kappa shape index (κ1) is 19.8. The van der Waals surface area contributed by atoms with Crippen LogP contribution in [0.3, 0.4) is 0 Å². The predicted molar refractivity (Wildman–Crippen MR) is 119 cm³/mol. The van der Waals surface area contributed by atoms with Gasteiger partial charge in [0, 0.05) is 30.7 Å². The number of para-hydroxylation sites is 1. The van der Waals surface area contributed by atoms with Gasteiger partial charge in [0.1, 0.15) is 0 Å². The van der Waals surface area contributed by atoms with Crippen molar-refractivity contribution in [1.82, 2.24) is 19.7 Å². The summed E-state index contributed by atoms with van der Waals surface area (Å²) in [6, 6.07) is 23.6. The molecule has 0 aliphatic carbocycles. The Morgan fingerprint density at radius 3 is 2.30 bits per heavy atom. The molecule has 0 spiro atoms. The van der Waals surface area contributed by atoms with E-state index >= 15 is 0 Å². The van der Waals surface area contributed by atoms with Crippen LogP contribution in [0.2, 0.25) is 0 Å². The molecule has 0 bridgehead atoms. The molecule has 1 amide bonds. The van der Waals surface area contributed by atoms with Crippen molar-refractivity contribution in [1.29, 1.82) is 0 Å². The Morgan fingerprint density at radius 1 is 0.933 bits per heavy atom. The van der Waals surface area contributed by atoms with E-state index in [0.29, 0.717) is 11.7 Å². The highest BCUT2D eigenvalue weighted by Gasteiger charge is 2.18. The van der Waals surface area contributed by atoms with Crippen molar-refractivity contribution in [2.75, 3.05) is 17.7 Å². The Hall–Kier alpha value is -3.45. The number of amides is 1. The average Bonchev–Trinajstić information content (AvgIpc) is 3.21. The zero-order chi connectivity index (χ0) is 20.8. The minimum atomic E-state index is 0.00548. The Kier molecular flexibility index (Phi) is 6.20. The number of nitrogens with zero attached hydrogens (tertiary/aromatic N) is 5. The number of aromatic nitrogens is 4. The molecule has 6 nitrogen and oxygen atoms in total. The Labute approximate surface area is 179 Å². The normalized spacial score (nSPS) is 10.7. The lowest BCUT2D eigenvalue weighted by Crippen LogP contribution is -2.28. The summed E-state index contributed by atoms with van der Waals surface area (Å²) in [6.45, 7) is 0.622. The number of hydrogen-bond acceptors (Lipinski definition) is 5. The van der Waals surface area contributed by atoms with E-state index in [4.69, 9.17) is 0 Å². The molecule has 7 heteroatoms. The molecule has 2 heterocycles. The summed E-state index contributed by atoms with van der Waals surface area (Å²) in [5.74, 6) is 1.04. The molecular formula is C23H21N5OS. The molecule has 0 saturated carbocycles. The van der Waals surface area contributed by atoms with E-state index in [-0.39, 0.29) is 11.7 Å². The first-order chi connectivity index (χ1) is 14.7. The third kappa shape index (κ3) is 4.58. The third-order valence-electron chi connectivity index (χ3n) is 4.68. The summed E-state index contributed by atoms with van der Waals surface area (Å²) in [6.07, 6.45) is 3.48. The van der Waals surface area contributed by atoms with Crippen LogP contribution in [0.1, 0.15) is 5.56 Å². The fraction of sp³-hybridized carbons (Fsp3) is 0.130. The maximum atomic E-state index is 12.7. The van der Waals surface area contributed by atoms with Gasteiger partial charge in [-0.1, -0.05) is 60.3 Å². The highest BCUT2D eigenvalue weighted by molar-refractivity contribution is 7.99. The monoisotopic (exact) mass is 415 g/mol. The molecule has 4 rings (SSSR count). The molecule has 0 fully saturated rings. The van der Waals surface area contributed by atoms with Crippen LogP contribution in [0, 0.1) is 0 Å². The molecule has 0 aliphatic heterocycles. The molecule has 0 saturated heterocycles. The second kappa shape index (κ2) is 9.37. The number of carbonyl (C=O) groups is 1. The number of rotatable bonds is 7. The van der Waals surface area contributed by atoms with E-state index in [1.54, 1.807) is 24.3 Å². The van der Waals surface area contributed by atoms with Gasteiger partial charge in [0.25, 0.3) is 0 Å². The van der Waals surface area contributed by atoms with E-state index in [2.05, 4.69) is 27.3 Å². The third-order valence-corrected chi connectivity index (χ3v) is 5.63. The van der Waals surface area contributed by atoms with Crippen molar-refractivity contribution < 1.29 is 4.79 Å². The first-order valence-corrected chi connectivity index (χ1v) is 10.5. The van der Waals surface area contributed by atoms with E-state index in [1.165, 1.54) is 11.8 Å². The molecule has 30 heavy (non-hydrogen) atoms. The van der Waals surface area contributed by atoms with Gasteiger partial charge in [-0.2, -0.15) is 0 Å². The van der Waals surface area contributed by atoms with E-state index in [1.807, 2.05) is 65.2 Å². The molecule has 2 aromatic carbocycles. The molecule has 150 valence electrons. The Morgan fingerprint density at radius 2 is 1.60 bits per heavy atom. The van der Waals surface area contributed by atoms with Crippen molar-refractivity contribution in [3.05, 3.63) is 90.8 Å². The van der Waals surface area contributed by atoms with E-state index in [0.717, 1.165) is 22.6 Å². The lowest BCUT2D eigenvalue weighted by molar-refractivity contribution is -0.115. The van der Waals surface area contributed by atoms with Crippen molar-refractivity contribution in [3.8, 4) is 11.4 Å². The molecule has 0 atom stereocenters. The highest BCUT2D eigenvalue weighted by Crippen LogP contribution is 2.25. The molecule has 4 aromatic rings. The minimum Gasteiger partial charge on any atom is -0.315 e. The van der Waals surface area contributed by atoms with Gasteiger partial charge in [0.05, 0.1) is 12.3 Å². The molecule has 2 aromatic heterocycles. The number of pyridine rings is 1. The van der Waals surface area contributed by atoms with Crippen LogP contribution >= 0.6 is 11.8 Å². The van der Waals surface area contributed by atoms with E-state index in [9.17, 15) is 4.79 Å². The van der Waals surface area contributed by atoms with Crippen LogP contribution < -0.4 is 4.90 Å². The maximum absolute atomic E-state index is 12.7. The summed E-state index contributed by atoms with van der Waals surface area (Å²) in [7, 11) is 1.79. The smallest absolute Gasteiger partial charge is 0.237 e. The highest BCUT2D eigenvalue weighted by atomic mass is 32.2. The fourth-order valence-electron chi connectivity index (χ4n) is 3.04. The van der Waals surface area contributed by atoms with Gasteiger partial charge in [-0.3, -0.25) is 14.3 Å². The number of hydrogen-bond donors (Lipinski definition) is 0. The van der Waals surface area contributed by atoms with Gasteiger partial charge < -0.3 is 4.90 Å². The van der Waals surface area contributed by atoms with Crippen molar-refractivity contribution in [2.24, 2.45) is 0 Å². The standard InChI is InChI=1S/C23H21N5OS/c1-27(20-10-6-3-7-11-20)21(29)17-30-23-26-25-22(19-12-14-24-15-13-19)28(23)16-18-8-4-2-5-9-18/h2-15H,16-17H2,1H3. The zero-order valence-corrected chi connectivity index (χ0v) is 17.4. The van der Waals surface area contributed by atoms with Crippen molar-refractivity contribution in [2.45, 2.75) is 11.7 Å². The van der Waals surface area contributed by atoms with Crippen LogP contribution in [0.15, 0.2) is 90.3 Å². The summed E-state index contributed by atoms with van der Waals surface area (Å²) in [5, 5.41) is 9.49. The number of benzene rings is 2. The first-order valence-electron chi connectivity index (χ1n) is 9.54. The van der Waals surface area contributed by atoms with Crippen LogP contribution in [-0.4, -0.2) is 38.5 Å². The summed E-state index contributed by atoms with van der Waals surface area (Å²) < 4.78 is 2.05. The summed E-state index contributed by atoms with van der Waals surface area (Å²) in [4.78, 5) is 18.5. The summed E-state index contributed by atoms with van der Waals surface area (Å²) in [5.41, 5.74) is 2.95. The van der Waals surface area contributed by atoms with E-state index < -0.39 is 0 Å². The SMILES string of the molecule is CN(C(=O)CSc1nnc(-c2ccncc2)n1Cc1ccccc1)c1ccccc1. The largest absolute Gasteiger partial charge is 0.315 e. The van der Waals surface area contributed by atoms with Gasteiger partial charge in [-0.15, -0.1) is 10.2 Å². The molecule has 0 N–H and O–H groups in total. The second-order valence-electron chi connectivity index (χ2n) is 6.69. The van der Waals surface area contributed by atoms with Gasteiger partial charge >= 0.3 is 0 Å². The number of anilines is 1. The maximum Gasteiger partial charge on any atom is 0.237 e. The fourth-order valence-corrected chi connectivity index (χ4v) is 3.89. The van der Waals surface area contributed by atoms with Gasteiger partial charge in [0.2, 0.25) is 5.91 Å². The van der Waals surface area contributed by atoms with Crippen molar-refractivity contribution >= 4 is 23.4 Å². The van der Waals surface area contributed by atoms with Crippen LogP contribution in [0.4, 0.5) is 5.69 Å². The Balaban J connectivity index is 1.56. The molecule has 0 aliphatic rings. The van der Waals surface area contributed by atoms with Gasteiger partial charge in [-0.25, -0.2) is 0 Å².